The molecule has 2 atom stereocenters. The van der Waals surface area contributed by atoms with E-state index in [-0.39, 0.29) is 18.4 Å². The number of amides is 1. The minimum absolute atomic E-state index is 0.0224. The Labute approximate surface area is 159 Å². The van der Waals surface area contributed by atoms with Crippen LogP contribution >= 0.6 is 11.8 Å². The number of nitrogens with zero attached hydrogens (tertiary/aromatic N) is 1. The van der Waals surface area contributed by atoms with E-state index in [9.17, 15) is 14.7 Å². The van der Waals surface area contributed by atoms with E-state index in [4.69, 9.17) is 5.11 Å². The van der Waals surface area contributed by atoms with Gasteiger partial charge in [-0.15, -0.1) is 0 Å². The molecule has 2 N–H and O–H groups in total. The normalized spacial score (nSPS) is 19.0. The van der Waals surface area contributed by atoms with E-state index < -0.39 is 12.1 Å². The highest BCUT2D eigenvalue weighted by Gasteiger charge is 2.25. The molecule has 0 radical (unpaired) electrons. The zero-order valence-corrected chi connectivity index (χ0v) is 15.7. The van der Waals surface area contributed by atoms with Gasteiger partial charge in [0.25, 0.3) is 0 Å². The highest BCUT2D eigenvalue weighted by Crippen LogP contribution is 2.22. The standard InChI is InChI=1S/C20H27NO4S/c22-18(16-6-2-1-3-7-16)12-11-17-8-4-9-19(23)21(17)13-15-26-14-5-10-20(24)25/h1-3,6-7,11-12,17-18,22H,4-5,8-10,13-15H2,(H,24,25)/t17-,18?/m1/s1. The monoisotopic (exact) mass is 377 g/mol. The topological polar surface area (TPSA) is 77.8 Å². The van der Waals surface area contributed by atoms with Crippen LogP contribution in [0.2, 0.25) is 0 Å². The Bertz CT molecular complexity index is 605. The van der Waals surface area contributed by atoms with Crippen LogP contribution in [0.25, 0.3) is 0 Å². The molecule has 0 bridgehead atoms. The fourth-order valence-corrected chi connectivity index (χ4v) is 3.90. The Morgan fingerprint density at radius 2 is 2.08 bits per heavy atom. The molecule has 0 aromatic heterocycles. The van der Waals surface area contributed by atoms with Crippen LogP contribution in [-0.4, -0.2) is 51.1 Å². The fraction of sp³-hybridized carbons (Fsp3) is 0.500. The van der Waals surface area contributed by atoms with Crippen molar-refractivity contribution in [1.82, 2.24) is 4.90 Å². The summed E-state index contributed by atoms with van der Waals surface area (Å²) in [5.41, 5.74) is 0.839. The zero-order chi connectivity index (χ0) is 18.8. The van der Waals surface area contributed by atoms with E-state index in [1.54, 1.807) is 17.8 Å². The van der Waals surface area contributed by atoms with Crippen molar-refractivity contribution in [2.45, 2.75) is 44.2 Å². The third-order valence-corrected chi connectivity index (χ3v) is 5.47. The average Bonchev–Trinajstić information content (AvgIpc) is 2.64. The minimum atomic E-state index is -0.765. The van der Waals surface area contributed by atoms with Crippen LogP contribution in [0.15, 0.2) is 42.5 Å². The molecule has 142 valence electrons. The predicted molar refractivity (Wildman–Crippen MR) is 104 cm³/mol. The molecule has 1 aromatic rings. The lowest BCUT2D eigenvalue weighted by molar-refractivity contribution is -0.137. The molecule has 2 rings (SSSR count). The smallest absolute Gasteiger partial charge is 0.303 e. The molecule has 1 unspecified atom stereocenters. The number of likely N-dealkylation sites (tertiary alicyclic amines) is 1. The molecule has 0 saturated carbocycles. The fourth-order valence-electron chi connectivity index (χ4n) is 3.02. The van der Waals surface area contributed by atoms with Crippen LogP contribution in [0.5, 0.6) is 0 Å². The molecule has 1 heterocycles. The number of carbonyl (C=O) groups is 2. The number of piperidine rings is 1. The van der Waals surface area contributed by atoms with E-state index in [0.29, 0.717) is 19.4 Å². The second kappa shape index (κ2) is 11.0. The third kappa shape index (κ3) is 6.84. The maximum Gasteiger partial charge on any atom is 0.303 e. The highest BCUT2D eigenvalue weighted by atomic mass is 32.2. The molecule has 1 fully saturated rings. The largest absolute Gasteiger partial charge is 0.481 e. The summed E-state index contributed by atoms with van der Waals surface area (Å²) >= 11 is 1.68. The number of benzene rings is 1. The number of carboxylic acid groups (broad SMARTS) is 1. The molecule has 0 spiro atoms. The Morgan fingerprint density at radius 1 is 1.31 bits per heavy atom. The predicted octanol–water partition coefficient (Wildman–Crippen LogP) is 3.26. The zero-order valence-electron chi connectivity index (χ0n) is 14.9. The van der Waals surface area contributed by atoms with E-state index >= 15 is 0 Å². The molecule has 1 aliphatic heterocycles. The van der Waals surface area contributed by atoms with Gasteiger partial charge in [0.05, 0.1) is 12.1 Å². The summed E-state index contributed by atoms with van der Waals surface area (Å²) in [7, 11) is 0. The van der Waals surface area contributed by atoms with Gasteiger partial charge in [0, 0.05) is 25.1 Å². The Balaban J connectivity index is 1.83. The van der Waals surface area contributed by atoms with Gasteiger partial charge in [-0.2, -0.15) is 11.8 Å². The summed E-state index contributed by atoms with van der Waals surface area (Å²) in [6, 6.07) is 9.48. The van der Waals surface area contributed by atoms with E-state index in [1.165, 1.54) is 0 Å². The van der Waals surface area contributed by atoms with Crippen LogP contribution in [0.3, 0.4) is 0 Å². The molecule has 1 amide bonds. The van der Waals surface area contributed by atoms with Crippen LogP contribution < -0.4 is 0 Å². The first kappa shape index (κ1) is 20.5. The number of carbonyl (C=O) groups excluding carboxylic acids is 1. The molecule has 0 aliphatic carbocycles. The van der Waals surface area contributed by atoms with Gasteiger partial charge in [0.2, 0.25) is 5.91 Å². The Kier molecular flexibility index (Phi) is 8.71. The lowest BCUT2D eigenvalue weighted by Crippen LogP contribution is -2.43. The molecular formula is C20H27NO4S. The van der Waals surface area contributed by atoms with Gasteiger partial charge in [-0.1, -0.05) is 42.5 Å². The van der Waals surface area contributed by atoms with Gasteiger partial charge < -0.3 is 15.1 Å². The molecule has 1 aromatic carbocycles. The second-order valence-corrected chi connectivity index (χ2v) is 7.62. The first-order chi connectivity index (χ1) is 12.6. The summed E-state index contributed by atoms with van der Waals surface area (Å²) < 4.78 is 0. The van der Waals surface area contributed by atoms with Gasteiger partial charge in [0.15, 0.2) is 0 Å². The number of aliphatic carboxylic acids is 1. The van der Waals surface area contributed by atoms with Gasteiger partial charge in [-0.05, 0) is 30.6 Å². The number of hydrogen-bond acceptors (Lipinski definition) is 4. The Hall–Kier alpha value is -1.79. The van der Waals surface area contributed by atoms with Gasteiger partial charge in [-0.3, -0.25) is 9.59 Å². The lowest BCUT2D eigenvalue weighted by Gasteiger charge is -2.34. The number of hydrogen-bond donors (Lipinski definition) is 2. The number of aliphatic hydroxyl groups is 1. The molecular weight excluding hydrogens is 350 g/mol. The van der Waals surface area contributed by atoms with Gasteiger partial charge in [0.1, 0.15) is 0 Å². The lowest BCUT2D eigenvalue weighted by atomic mass is 10.00. The number of aliphatic hydroxyl groups excluding tert-OH is 1. The summed E-state index contributed by atoms with van der Waals surface area (Å²) in [6.07, 6.45) is 6.26. The van der Waals surface area contributed by atoms with Crippen LogP contribution in [-0.2, 0) is 9.59 Å². The summed E-state index contributed by atoms with van der Waals surface area (Å²) in [6.45, 7) is 0.660. The molecule has 26 heavy (non-hydrogen) atoms. The van der Waals surface area contributed by atoms with Crippen molar-refractivity contribution in [2.24, 2.45) is 0 Å². The first-order valence-corrected chi connectivity index (χ1v) is 10.2. The minimum Gasteiger partial charge on any atom is -0.481 e. The van der Waals surface area contributed by atoms with Crippen LogP contribution in [0.4, 0.5) is 0 Å². The Morgan fingerprint density at radius 3 is 2.81 bits per heavy atom. The molecule has 1 aliphatic rings. The summed E-state index contributed by atoms with van der Waals surface area (Å²) in [4.78, 5) is 24.7. The number of rotatable bonds is 10. The van der Waals surface area contributed by atoms with Crippen molar-refractivity contribution in [3.05, 3.63) is 48.0 Å². The maximum absolute atomic E-state index is 12.3. The highest BCUT2D eigenvalue weighted by molar-refractivity contribution is 7.99. The molecule has 5 nitrogen and oxygen atoms in total. The van der Waals surface area contributed by atoms with Crippen molar-refractivity contribution in [3.8, 4) is 0 Å². The third-order valence-electron chi connectivity index (χ3n) is 4.42. The number of thioether (sulfide) groups is 1. The van der Waals surface area contributed by atoms with E-state index in [2.05, 4.69) is 0 Å². The van der Waals surface area contributed by atoms with E-state index in [1.807, 2.05) is 41.3 Å². The first-order valence-electron chi connectivity index (χ1n) is 9.08. The van der Waals surface area contributed by atoms with Crippen LogP contribution in [0, 0.1) is 0 Å². The SMILES string of the molecule is O=C(O)CCCSCCN1C(=O)CCC[C@@H]1C=CC(O)c1ccccc1. The quantitative estimate of drug-likeness (QED) is 0.483. The molecule has 1 saturated heterocycles. The van der Waals surface area contributed by atoms with Crippen molar-refractivity contribution in [2.75, 3.05) is 18.1 Å². The summed E-state index contributed by atoms with van der Waals surface area (Å²) in [5.74, 6) is 0.989. The maximum atomic E-state index is 12.3. The second-order valence-electron chi connectivity index (χ2n) is 6.40. The van der Waals surface area contributed by atoms with E-state index in [0.717, 1.165) is 29.9 Å². The van der Waals surface area contributed by atoms with Crippen molar-refractivity contribution in [1.29, 1.82) is 0 Å². The van der Waals surface area contributed by atoms with Crippen LogP contribution in [0.1, 0.15) is 43.8 Å². The van der Waals surface area contributed by atoms with Crippen molar-refractivity contribution in [3.63, 3.8) is 0 Å². The number of carboxylic acids is 1. The molecule has 6 heteroatoms. The van der Waals surface area contributed by atoms with Gasteiger partial charge in [-0.25, -0.2) is 0 Å². The average molecular weight is 378 g/mol. The van der Waals surface area contributed by atoms with Crippen molar-refractivity contribution >= 4 is 23.6 Å². The summed E-state index contributed by atoms with van der Waals surface area (Å²) in [5, 5.41) is 18.9. The van der Waals surface area contributed by atoms with Crippen molar-refractivity contribution < 1.29 is 19.8 Å². The van der Waals surface area contributed by atoms with Gasteiger partial charge >= 0.3 is 5.97 Å².